The van der Waals surface area contributed by atoms with Crippen LogP contribution in [0.2, 0.25) is 0 Å². The molecular formula is C9H6F4N2. The van der Waals surface area contributed by atoms with Crippen molar-refractivity contribution in [2.75, 3.05) is 0 Å². The normalized spacial score (nSPS) is 12.3. The molecule has 0 amide bonds. The molecule has 2 heterocycles. The maximum Gasteiger partial charge on any atom is 0.437 e. The van der Waals surface area contributed by atoms with Gasteiger partial charge in [-0.25, -0.2) is 4.98 Å². The Morgan fingerprint density at radius 1 is 1.33 bits per heavy atom. The monoisotopic (exact) mass is 218 g/mol. The lowest BCUT2D eigenvalue weighted by Crippen LogP contribution is -2.08. The summed E-state index contributed by atoms with van der Waals surface area (Å²) in [6, 6.07) is 2.90. The Morgan fingerprint density at radius 3 is 2.60 bits per heavy atom. The van der Waals surface area contributed by atoms with Crippen LogP contribution in [-0.4, -0.2) is 9.38 Å². The largest absolute Gasteiger partial charge is 0.437 e. The number of pyridine rings is 1. The fourth-order valence-corrected chi connectivity index (χ4v) is 1.30. The van der Waals surface area contributed by atoms with E-state index in [1.54, 1.807) is 6.92 Å². The van der Waals surface area contributed by atoms with Gasteiger partial charge in [-0.05, 0) is 24.6 Å². The zero-order valence-electron chi connectivity index (χ0n) is 7.64. The Bertz CT molecular complexity index is 513. The smallest absolute Gasteiger partial charge is 0.276 e. The standard InChI is InChI=1S/C9H6F4N2/c1-5-2-3-15-6(4-5)14-7(8(15)10)9(11,12)13/h2-4H,1H3. The van der Waals surface area contributed by atoms with Crippen LogP contribution in [0.5, 0.6) is 0 Å². The summed E-state index contributed by atoms with van der Waals surface area (Å²) in [5.74, 6) is -1.38. The molecule has 2 aromatic rings. The van der Waals surface area contributed by atoms with Gasteiger partial charge < -0.3 is 0 Å². The number of imidazole rings is 1. The first-order valence-corrected chi connectivity index (χ1v) is 4.11. The van der Waals surface area contributed by atoms with Gasteiger partial charge in [-0.15, -0.1) is 0 Å². The van der Waals surface area contributed by atoms with Crippen molar-refractivity contribution in [3.8, 4) is 0 Å². The lowest BCUT2D eigenvalue weighted by molar-refractivity contribution is -0.143. The molecule has 0 aliphatic carbocycles. The van der Waals surface area contributed by atoms with Gasteiger partial charge in [-0.3, -0.25) is 4.40 Å². The summed E-state index contributed by atoms with van der Waals surface area (Å²) < 4.78 is 50.8. The summed E-state index contributed by atoms with van der Waals surface area (Å²) in [4.78, 5) is 3.21. The van der Waals surface area contributed by atoms with Crippen LogP contribution < -0.4 is 0 Å². The van der Waals surface area contributed by atoms with Crippen molar-refractivity contribution in [2.45, 2.75) is 13.1 Å². The first kappa shape index (κ1) is 9.95. The van der Waals surface area contributed by atoms with Gasteiger partial charge in [0.05, 0.1) is 0 Å². The summed E-state index contributed by atoms with van der Waals surface area (Å²) in [7, 11) is 0. The number of hydrogen-bond acceptors (Lipinski definition) is 1. The van der Waals surface area contributed by atoms with Gasteiger partial charge in [0.2, 0.25) is 5.95 Å². The SMILES string of the molecule is Cc1ccn2c(F)c(C(F)(F)F)nc2c1. The number of fused-ring (bicyclic) bond motifs is 1. The molecule has 0 N–H and O–H groups in total. The van der Waals surface area contributed by atoms with E-state index in [0.29, 0.717) is 0 Å². The van der Waals surface area contributed by atoms with Gasteiger partial charge in [0.15, 0.2) is 5.69 Å². The van der Waals surface area contributed by atoms with Crippen LogP contribution in [-0.2, 0) is 6.18 Å². The van der Waals surface area contributed by atoms with Crippen molar-refractivity contribution in [2.24, 2.45) is 0 Å². The predicted molar refractivity (Wildman–Crippen MR) is 44.9 cm³/mol. The molecule has 0 aliphatic rings. The van der Waals surface area contributed by atoms with Gasteiger partial charge in [-0.2, -0.15) is 17.6 Å². The molecule has 0 aliphatic heterocycles. The quantitative estimate of drug-likeness (QED) is 0.621. The van der Waals surface area contributed by atoms with E-state index in [1.807, 2.05) is 0 Å². The number of aryl methyl sites for hydroxylation is 1. The third-order valence-corrected chi connectivity index (χ3v) is 1.99. The number of aromatic nitrogens is 2. The van der Waals surface area contributed by atoms with Crippen molar-refractivity contribution < 1.29 is 17.6 Å². The minimum atomic E-state index is -4.76. The highest BCUT2D eigenvalue weighted by molar-refractivity contribution is 5.43. The van der Waals surface area contributed by atoms with Gasteiger partial charge in [0.25, 0.3) is 0 Å². The van der Waals surface area contributed by atoms with Gasteiger partial charge in [-0.1, -0.05) is 0 Å². The summed E-state index contributed by atoms with van der Waals surface area (Å²) in [6.07, 6.45) is -3.54. The van der Waals surface area contributed by atoms with E-state index in [1.165, 1.54) is 18.3 Å². The second-order valence-electron chi connectivity index (χ2n) is 3.18. The second-order valence-corrected chi connectivity index (χ2v) is 3.18. The maximum atomic E-state index is 13.2. The van der Waals surface area contributed by atoms with Gasteiger partial charge >= 0.3 is 6.18 Å². The lowest BCUT2D eigenvalue weighted by atomic mass is 10.3. The molecular weight excluding hydrogens is 212 g/mol. The topological polar surface area (TPSA) is 17.3 Å². The number of alkyl halides is 3. The third-order valence-electron chi connectivity index (χ3n) is 1.99. The average molecular weight is 218 g/mol. The Morgan fingerprint density at radius 2 is 2.00 bits per heavy atom. The fraction of sp³-hybridized carbons (Fsp3) is 0.222. The Kier molecular flexibility index (Phi) is 1.95. The van der Waals surface area contributed by atoms with Crippen LogP contribution in [0.3, 0.4) is 0 Å². The second kappa shape index (κ2) is 2.95. The Labute approximate surface area is 82.2 Å². The molecule has 0 unspecified atom stereocenters. The summed E-state index contributed by atoms with van der Waals surface area (Å²) >= 11 is 0. The molecule has 15 heavy (non-hydrogen) atoms. The van der Waals surface area contributed by atoms with E-state index in [2.05, 4.69) is 4.98 Å². The van der Waals surface area contributed by atoms with Crippen molar-refractivity contribution in [1.82, 2.24) is 9.38 Å². The lowest BCUT2D eigenvalue weighted by Gasteiger charge is -2.00. The molecule has 2 rings (SSSR count). The van der Waals surface area contributed by atoms with Crippen LogP contribution in [0.1, 0.15) is 11.3 Å². The first-order chi connectivity index (χ1) is 6.89. The molecule has 0 radical (unpaired) electrons. The molecule has 0 spiro atoms. The van der Waals surface area contributed by atoms with E-state index in [4.69, 9.17) is 0 Å². The zero-order valence-corrected chi connectivity index (χ0v) is 7.64. The van der Waals surface area contributed by atoms with E-state index >= 15 is 0 Å². The predicted octanol–water partition coefficient (Wildman–Crippen LogP) is 2.80. The minimum Gasteiger partial charge on any atom is -0.276 e. The highest BCUT2D eigenvalue weighted by atomic mass is 19.4. The molecule has 2 aromatic heterocycles. The Hall–Kier alpha value is -1.59. The van der Waals surface area contributed by atoms with E-state index in [9.17, 15) is 17.6 Å². The number of hydrogen-bond donors (Lipinski definition) is 0. The first-order valence-electron chi connectivity index (χ1n) is 4.11. The summed E-state index contributed by atoms with van der Waals surface area (Å²) in [5.41, 5.74) is -0.797. The summed E-state index contributed by atoms with van der Waals surface area (Å²) in [5, 5.41) is 0. The number of nitrogens with zero attached hydrogens (tertiary/aromatic N) is 2. The molecule has 0 fully saturated rings. The average Bonchev–Trinajstić information content (AvgIpc) is 2.42. The minimum absolute atomic E-state index is 0.0418. The van der Waals surface area contributed by atoms with Crippen LogP contribution in [0, 0.1) is 12.9 Å². The van der Waals surface area contributed by atoms with E-state index < -0.39 is 17.8 Å². The molecule has 80 valence electrons. The highest BCUT2D eigenvalue weighted by Crippen LogP contribution is 2.30. The molecule has 2 nitrogen and oxygen atoms in total. The van der Waals surface area contributed by atoms with E-state index in [-0.39, 0.29) is 5.65 Å². The number of rotatable bonds is 0. The molecule has 0 saturated carbocycles. The van der Waals surface area contributed by atoms with Gasteiger partial charge in [0, 0.05) is 6.20 Å². The van der Waals surface area contributed by atoms with Crippen LogP contribution in [0.25, 0.3) is 5.65 Å². The van der Waals surface area contributed by atoms with Crippen molar-refractivity contribution in [3.05, 3.63) is 35.5 Å². The van der Waals surface area contributed by atoms with Crippen molar-refractivity contribution in [3.63, 3.8) is 0 Å². The molecule has 0 atom stereocenters. The van der Waals surface area contributed by atoms with Gasteiger partial charge in [0.1, 0.15) is 5.65 Å². The van der Waals surface area contributed by atoms with E-state index in [0.717, 1.165) is 9.96 Å². The zero-order chi connectivity index (χ0) is 11.2. The molecule has 0 saturated heterocycles. The van der Waals surface area contributed by atoms with Crippen molar-refractivity contribution >= 4 is 5.65 Å². The maximum absolute atomic E-state index is 13.2. The van der Waals surface area contributed by atoms with Crippen molar-refractivity contribution in [1.29, 1.82) is 0 Å². The summed E-state index contributed by atoms with van der Waals surface area (Å²) in [6.45, 7) is 1.69. The number of halogens is 4. The Balaban J connectivity index is 2.75. The molecule has 0 aromatic carbocycles. The molecule has 0 bridgehead atoms. The fourth-order valence-electron chi connectivity index (χ4n) is 1.30. The molecule has 6 heteroatoms. The van der Waals surface area contributed by atoms with Crippen LogP contribution in [0.4, 0.5) is 17.6 Å². The van der Waals surface area contributed by atoms with Crippen LogP contribution >= 0.6 is 0 Å². The van der Waals surface area contributed by atoms with Crippen LogP contribution in [0.15, 0.2) is 18.3 Å². The highest BCUT2D eigenvalue weighted by Gasteiger charge is 2.38. The third kappa shape index (κ3) is 1.55.